The molecular weight excluding hydrogens is 363 g/mol. The Morgan fingerprint density at radius 3 is 2.68 bits per heavy atom. The van der Waals surface area contributed by atoms with Gasteiger partial charge >= 0.3 is 11.8 Å². The van der Waals surface area contributed by atoms with Crippen molar-refractivity contribution in [2.45, 2.75) is 12.8 Å². The highest BCUT2D eigenvalue weighted by atomic mass is 19.1. The summed E-state index contributed by atoms with van der Waals surface area (Å²) in [6, 6.07) is 7.39. The van der Waals surface area contributed by atoms with Crippen molar-refractivity contribution in [3.8, 4) is 6.07 Å². The maximum absolute atomic E-state index is 13.1. The standard InChI is InChI=1S/C19H19FN6O2/c20-14-2-1-3-15(10-14)25-19(28)18(27)24-12-13-4-8-26(9-5-13)17-16(11-21)22-6-7-23-17/h1-3,6-7,10,13H,4-5,8-9,12H2,(H,24,27)(H,25,28). The monoisotopic (exact) mass is 382 g/mol. The fraction of sp³-hybridized carbons (Fsp3) is 0.316. The van der Waals surface area contributed by atoms with E-state index in [0.29, 0.717) is 31.1 Å². The van der Waals surface area contributed by atoms with Crippen molar-refractivity contribution in [3.63, 3.8) is 0 Å². The molecule has 1 aliphatic rings. The van der Waals surface area contributed by atoms with Gasteiger partial charge in [0.15, 0.2) is 11.5 Å². The van der Waals surface area contributed by atoms with E-state index in [9.17, 15) is 14.0 Å². The number of hydrogen-bond acceptors (Lipinski definition) is 6. The number of amides is 2. The van der Waals surface area contributed by atoms with Crippen LogP contribution in [0.4, 0.5) is 15.9 Å². The molecule has 3 rings (SSSR count). The van der Waals surface area contributed by atoms with Crippen molar-refractivity contribution >= 4 is 23.3 Å². The van der Waals surface area contributed by atoms with Crippen molar-refractivity contribution in [3.05, 3.63) is 48.2 Å². The van der Waals surface area contributed by atoms with Gasteiger partial charge in [-0.2, -0.15) is 5.26 Å². The molecule has 2 heterocycles. The third-order valence-electron chi connectivity index (χ3n) is 4.54. The summed E-state index contributed by atoms with van der Waals surface area (Å²) < 4.78 is 13.1. The lowest BCUT2D eigenvalue weighted by molar-refractivity contribution is -0.136. The van der Waals surface area contributed by atoms with E-state index in [0.717, 1.165) is 18.9 Å². The third kappa shape index (κ3) is 4.79. The zero-order chi connectivity index (χ0) is 19.9. The molecule has 2 N–H and O–H groups in total. The van der Waals surface area contributed by atoms with Crippen LogP contribution in [0.3, 0.4) is 0 Å². The van der Waals surface area contributed by atoms with Crippen molar-refractivity contribution < 1.29 is 14.0 Å². The van der Waals surface area contributed by atoms with Gasteiger partial charge in [-0.15, -0.1) is 0 Å². The van der Waals surface area contributed by atoms with Crippen molar-refractivity contribution in [2.75, 3.05) is 29.9 Å². The van der Waals surface area contributed by atoms with Gasteiger partial charge in [0, 0.05) is 37.7 Å². The molecule has 1 aliphatic heterocycles. The molecule has 2 amide bonds. The molecule has 9 heteroatoms. The number of piperidine rings is 1. The number of aromatic nitrogens is 2. The Morgan fingerprint density at radius 1 is 1.21 bits per heavy atom. The lowest BCUT2D eigenvalue weighted by Crippen LogP contribution is -2.42. The minimum atomic E-state index is -0.832. The molecule has 28 heavy (non-hydrogen) atoms. The van der Waals surface area contributed by atoms with Crippen LogP contribution in [0.25, 0.3) is 0 Å². The van der Waals surface area contributed by atoms with Gasteiger partial charge in [0.25, 0.3) is 0 Å². The van der Waals surface area contributed by atoms with Crippen LogP contribution in [0, 0.1) is 23.1 Å². The second-order valence-corrected chi connectivity index (χ2v) is 6.45. The Kier molecular flexibility index (Phi) is 6.11. The number of nitriles is 1. The molecular formula is C19H19FN6O2. The number of carbonyl (C=O) groups excluding carboxylic acids is 2. The second kappa shape index (κ2) is 8.90. The summed E-state index contributed by atoms with van der Waals surface area (Å²) in [5.74, 6) is -1.30. The lowest BCUT2D eigenvalue weighted by Gasteiger charge is -2.32. The smallest absolute Gasteiger partial charge is 0.313 e. The summed E-state index contributed by atoms with van der Waals surface area (Å²) in [5.41, 5.74) is 0.522. The second-order valence-electron chi connectivity index (χ2n) is 6.45. The SMILES string of the molecule is N#Cc1nccnc1N1CCC(CNC(=O)C(=O)Nc2cccc(F)c2)CC1. The van der Waals surface area contributed by atoms with E-state index in [1.165, 1.54) is 24.4 Å². The van der Waals surface area contributed by atoms with Crippen molar-refractivity contribution in [1.29, 1.82) is 5.26 Å². The fourth-order valence-electron chi connectivity index (χ4n) is 3.06. The van der Waals surface area contributed by atoms with Gasteiger partial charge in [0.2, 0.25) is 0 Å². The summed E-state index contributed by atoms with van der Waals surface area (Å²) in [7, 11) is 0. The van der Waals surface area contributed by atoms with Crippen LogP contribution in [-0.2, 0) is 9.59 Å². The van der Waals surface area contributed by atoms with E-state index < -0.39 is 17.6 Å². The molecule has 0 radical (unpaired) electrons. The molecule has 1 aromatic heterocycles. The van der Waals surface area contributed by atoms with Crippen LogP contribution in [0.2, 0.25) is 0 Å². The molecule has 0 bridgehead atoms. The molecule has 1 saturated heterocycles. The van der Waals surface area contributed by atoms with E-state index in [1.54, 1.807) is 6.20 Å². The molecule has 0 atom stereocenters. The number of nitrogens with zero attached hydrogens (tertiary/aromatic N) is 4. The first-order chi connectivity index (χ1) is 13.6. The predicted molar refractivity (Wildman–Crippen MR) is 99.7 cm³/mol. The van der Waals surface area contributed by atoms with E-state index in [2.05, 4.69) is 20.6 Å². The first-order valence-corrected chi connectivity index (χ1v) is 8.87. The minimum absolute atomic E-state index is 0.212. The number of anilines is 2. The average Bonchev–Trinajstić information content (AvgIpc) is 2.72. The maximum atomic E-state index is 13.1. The summed E-state index contributed by atoms with van der Waals surface area (Å²) in [6.45, 7) is 1.74. The highest BCUT2D eigenvalue weighted by Crippen LogP contribution is 2.22. The molecule has 0 aliphatic carbocycles. The van der Waals surface area contributed by atoms with Crippen LogP contribution < -0.4 is 15.5 Å². The highest BCUT2D eigenvalue weighted by Gasteiger charge is 2.23. The predicted octanol–water partition coefficient (Wildman–Crippen LogP) is 1.46. The first-order valence-electron chi connectivity index (χ1n) is 8.87. The van der Waals surface area contributed by atoms with Crippen molar-refractivity contribution in [2.24, 2.45) is 5.92 Å². The van der Waals surface area contributed by atoms with Crippen LogP contribution in [-0.4, -0.2) is 41.4 Å². The van der Waals surface area contributed by atoms with Gasteiger partial charge in [0.1, 0.15) is 11.9 Å². The number of nitrogens with one attached hydrogen (secondary N) is 2. The topological polar surface area (TPSA) is 111 Å². The van der Waals surface area contributed by atoms with Crippen LogP contribution >= 0.6 is 0 Å². The number of rotatable bonds is 4. The van der Waals surface area contributed by atoms with Crippen LogP contribution in [0.5, 0.6) is 0 Å². The Labute approximate surface area is 161 Å². The van der Waals surface area contributed by atoms with Gasteiger partial charge in [-0.1, -0.05) is 6.07 Å². The minimum Gasteiger partial charge on any atom is -0.354 e. The van der Waals surface area contributed by atoms with Crippen molar-refractivity contribution in [1.82, 2.24) is 15.3 Å². The molecule has 2 aromatic rings. The first kappa shape index (κ1) is 19.2. The highest BCUT2D eigenvalue weighted by molar-refractivity contribution is 6.39. The number of hydrogen-bond donors (Lipinski definition) is 2. The van der Waals surface area contributed by atoms with Crippen LogP contribution in [0.15, 0.2) is 36.7 Å². The summed E-state index contributed by atoms with van der Waals surface area (Å²) in [4.78, 5) is 34.1. The Morgan fingerprint density at radius 2 is 1.96 bits per heavy atom. The maximum Gasteiger partial charge on any atom is 0.313 e. The molecule has 144 valence electrons. The summed E-state index contributed by atoms with van der Waals surface area (Å²) in [5, 5.41) is 14.1. The zero-order valence-electron chi connectivity index (χ0n) is 15.1. The molecule has 1 fully saturated rings. The number of halogens is 1. The Balaban J connectivity index is 1.45. The lowest BCUT2D eigenvalue weighted by atomic mass is 9.96. The molecule has 0 spiro atoms. The summed E-state index contributed by atoms with van der Waals surface area (Å²) >= 11 is 0. The molecule has 8 nitrogen and oxygen atoms in total. The third-order valence-corrected chi connectivity index (χ3v) is 4.54. The number of benzene rings is 1. The van der Waals surface area contributed by atoms with Crippen LogP contribution in [0.1, 0.15) is 18.5 Å². The van der Waals surface area contributed by atoms with Gasteiger partial charge in [-0.25, -0.2) is 14.4 Å². The normalized spacial score (nSPS) is 14.2. The van der Waals surface area contributed by atoms with Gasteiger partial charge in [0.05, 0.1) is 0 Å². The van der Waals surface area contributed by atoms with E-state index in [4.69, 9.17) is 5.26 Å². The molecule has 1 aromatic carbocycles. The molecule has 0 unspecified atom stereocenters. The van der Waals surface area contributed by atoms with E-state index >= 15 is 0 Å². The summed E-state index contributed by atoms with van der Waals surface area (Å²) in [6.07, 6.45) is 4.61. The Bertz CT molecular complexity index is 905. The van der Waals surface area contributed by atoms with E-state index in [-0.39, 0.29) is 11.6 Å². The van der Waals surface area contributed by atoms with E-state index in [1.807, 2.05) is 11.0 Å². The largest absolute Gasteiger partial charge is 0.354 e. The van der Waals surface area contributed by atoms with Gasteiger partial charge in [-0.3, -0.25) is 9.59 Å². The Hall–Kier alpha value is -3.54. The molecule has 0 saturated carbocycles. The van der Waals surface area contributed by atoms with Gasteiger partial charge in [-0.05, 0) is 37.0 Å². The fourth-order valence-corrected chi connectivity index (χ4v) is 3.06. The zero-order valence-corrected chi connectivity index (χ0v) is 15.1. The average molecular weight is 382 g/mol. The number of carbonyl (C=O) groups is 2. The quantitative estimate of drug-likeness (QED) is 0.775. The van der Waals surface area contributed by atoms with Gasteiger partial charge < -0.3 is 15.5 Å².